The molecule has 9 nitrogen and oxygen atoms in total. The molecule has 1 aromatic heterocycles. The molecule has 2 aromatic rings. The SMILES string of the molecule is O=C(c1[nH]nc2c1CS(=O)c1ccccc1-2)N1CCOCC1.OC1CCN(CCN2CCCCC2)CC1. The molecule has 1 atom stereocenters. The van der Waals surface area contributed by atoms with Crippen LogP contribution in [0.5, 0.6) is 0 Å². The molecule has 37 heavy (non-hydrogen) atoms. The molecule has 1 unspecified atom stereocenters. The van der Waals surface area contributed by atoms with Gasteiger partial charge in [0.25, 0.3) is 5.91 Å². The topological polar surface area (TPSA) is 102 Å². The first-order chi connectivity index (χ1) is 18.1. The molecule has 3 saturated heterocycles. The zero-order valence-electron chi connectivity index (χ0n) is 21.6. The molecule has 3 fully saturated rings. The summed E-state index contributed by atoms with van der Waals surface area (Å²) in [7, 11) is -1.14. The molecule has 4 aliphatic rings. The average molecular weight is 530 g/mol. The van der Waals surface area contributed by atoms with Crippen molar-refractivity contribution in [2.24, 2.45) is 0 Å². The van der Waals surface area contributed by atoms with Crippen LogP contribution in [0, 0.1) is 0 Å². The highest BCUT2D eigenvalue weighted by Gasteiger charge is 2.31. The summed E-state index contributed by atoms with van der Waals surface area (Å²) in [6, 6.07) is 7.51. The van der Waals surface area contributed by atoms with Gasteiger partial charge in [0.15, 0.2) is 0 Å². The summed E-state index contributed by atoms with van der Waals surface area (Å²) >= 11 is 0. The van der Waals surface area contributed by atoms with E-state index < -0.39 is 10.8 Å². The molecule has 6 rings (SSSR count). The molecule has 0 aliphatic carbocycles. The number of carbonyl (C=O) groups excluding carboxylic acids is 1. The van der Waals surface area contributed by atoms with Crippen LogP contribution in [-0.2, 0) is 21.3 Å². The molecule has 0 spiro atoms. The summed E-state index contributed by atoms with van der Waals surface area (Å²) in [6.07, 6.45) is 6.11. The monoisotopic (exact) mass is 529 g/mol. The molecule has 0 radical (unpaired) electrons. The number of morpholine rings is 1. The Labute approximate surface area is 221 Å². The van der Waals surface area contributed by atoms with Crippen molar-refractivity contribution >= 4 is 16.7 Å². The predicted molar refractivity (Wildman–Crippen MR) is 143 cm³/mol. The third kappa shape index (κ3) is 6.49. The molecule has 202 valence electrons. The van der Waals surface area contributed by atoms with Gasteiger partial charge in [0.05, 0.1) is 41.6 Å². The first-order valence-corrected chi connectivity index (χ1v) is 15.0. The number of aliphatic hydroxyl groups excluding tert-OH is 1. The van der Waals surface area contributed by atoms with E-state index in [2.05, 4.69) is 20.0 Å². The van der Waals surface area contributed by atoms with Crippen molar-refractivity contribution in [2.45, 2.75) is 48.9 Å². The van der Waals surface area contributed by atoms with Gasteiger partial charge in [-0.1, -0.05) is 24.6 Å². The van der Waals surface area contributed by atoms with Crippen molar-refractivity contribution in [3.63, 3.8) is 0 Å². The lowest BCUT2D eigenvalue weighted by Gasteiger charge is -2.33. The number of piperidine rings is 2. The Morgan fingerprint density at radius 2 is 1.68 bits per heavy atom. The zero-order valence-corrected chi connectivity index (χ0v) is 22.4. The fourth-order valence-electron chi connectivity index (χ4n) is 5.51. The van der Waals surface area contributed by atoms with Crippen LogP contribution in [0.25, 0.3) is 11.3 Å². The van der Waals surface area contributed by atoms with Crippen LogP contribution in [0.3, 0.4) is 0 Å². The highest BCUT2D eigenvalue weighted by atomic mass is 32.2. The van der Waals surface area contributed by atoms with Crippen molar-refractivity contribution < 1.29 is 18.8 Å². The molecule has 2 N–H and O–H groups in total. The minimum atomic E-state index is -1.14. The van der Waals surface area contributed by atoms with Crippen LogP contribution in [0.4, 0.5) is 0 Å². The zero-order chi connectivity index (χ0) is 25.6. The summed E-state index contributed by atoms with van der Waals surface area (Å²) < 4.78 is 17.7. The first kappa shape index (κ1) is 26.5. The fourth-order valence-corrected chi connectivity index (χ4v) is 6.85. The van der Waals surface area contributed by atoms with Gasteiger partial charge in [-0.3, -0.25) is 14.1 Å². The summed E-state index contributed by atoms with van der Waals surface area (Å²) in [5, 5.41) is 16.6. The van der Waals surface area contributed by atoms with Crippen molar-refractivity contribution in [3.05, 3.63) is 35.5 Å². The third-order valence-electron chi connectivity index (χ3n) is 7.78. The molecular formula is C27H39N5O4S. The number of likely N-dealkylation sites (tertiary alicyclic amines) is 2. The largest absolute Gasteiger partial charge is 0.393 e. The van der Waals surface area contributed by atoms with E-state index in [1.54, 1.807) is 4.90 Å². The Hall–Kier alpha value is -2.11. The smallest absolute Gasteiger partial charge is 0.272 e. The second-order valence-corrected chi connectivity index (χ2v) is 11.7. The van der Waals surface area contributed by atoms with Gasteiger partial charge in [0, 0.05) is 55.3 Å². The summed E-state index contributed by atoms with van der Waals surface area (Å²) in [4.78, 5) is 20.3. The lowest BCUT2D eigenvalue weighted by Crippen LogP contribution is -2.42. The maximum absolute atomic E-state index is 12.7. The van der Waals surface area contributed by atoms with Gasteiger partial charge >= 0.3 is 0 Å². The highest BCUT2D eigenvalue weighted by Crippen LogP contribution is 2.36. The maximum atomic E-state index is 12.7. The number of aromatic amines is 1. The van der Waals surface area contributed by atoms with Crippen molar-refractivity contribution in [3.8, 4) is 11.3 Å². The minimum absolute atomic E-state index is 0.0313. The Bertz CT molecular complexity index is 1070. The lowest BCUT2D eigenvalue weighted by atomic mass is 10.1. The van der Waals surface area contributed by atoms with Crippen LogP contribution >= 0.6 is 0 Å². The number of rotatable bonds is 4. The number of amides is 1. The normalized spacial score (nSPS) is 23.1. The van der Waals surface area contributed by atoms with Gasteiger partial charge in [-0.05, 0) is 44.8 Å². The van der Waals surface area contributed by atoms with Crippen molar-refractivity contribution in [2.75, 3.05) is 65.6 Å². The van der Waals surface area contributed by atoms with Crippen LogP contribution in [0.2, 0.25) is 0 Å². The van der Waals surface area contributed by atoms with E-state index in [9.17, 15) is 14.1 Å². The van der Waals surface area contributed by atoms with Crippen LogP contribution in [-0.4, -0.2) is 112 Å². The first-order valence-electron chi connectivity index (χ1n) is 13.6. The Kier molecular flexibility index (Phi) is 9.04. The number of fused-ring (bicyclic) bond motifs is 3. The predicted octanol–water partition coefficient (Wildman–Crippen LogP) is 2.10. The Morgan fingerprint density at radius 3 is 2.41 bits per heavy atom. The lowest BCUT2D eigenvalue weighted by molar-refractivity contribution is 0.0298. The summed E-state index contributed by atoms with van der Waals surface area (Å²) in [5.41, 5.74) is 2.81. The van der Waals surface area contributed by atoms with E-state index in [-0.39, 0.29) is 12.0 Å². The second kappa shape index (κ2) is 12.6. The molecule has 1 aromatic carbocycles. The molecule has 10 heteroatoms. The van der Waals surface area contributed by atoms with Gasteiger partial charge in [-0.25, -0.2) is 0 Å². The second-order valence-electron chi connectivity index (χ2n) is 10.3. The molecular weight excluding hydrogens is 490 g/mol. The molecule has 0 saturated carbocycles. The number of aromatic nitrogens is 2. The number of nitrogens with zero attached hydrogens (tertiary/aromatic N) is 4. The molecule has 4 aliphatic heterocycles. The number of benzene rings is 1. The summed E-state index contributed by atoms with van der Waals surface area (Å²) in [6.45, 7) is 9.48. The number of aliphatic hydroxyl groups is 1. The number of hydrogen-bond donors (Lipinski definition) is 2. The highest BCUT2D eigenvalue weighted by molar-refractivity contribution is 7.84. The quantitative estimate of drug-likeness (QED) is 0.625. The van der Waals surface area contributed by atoms with Gasteiger partial charge in [0.2, 0.25) is 0 Å². The average Bonchev–Trinajstić information content (AvgIpc) is 3.38. The van der Waals surface area contributed by atoms with Gasteiger partial charge in [-0.15, -0.1) is 0 Å². The van der Waals surface area contributed by atoms with E-state index in [0.29, 0.717) is 37.8 Å². The van der Waals surface area contributed by atoms with Crippen molar-refractivity contribution in [1.29, 1.82) is 0 Å². The Morgan fingerprint density at radius 1 is 1.00 bits per heavy atom. The third-order valence-corrected chi connectivity index (χ3v) is 9.18. The van der Waals surface area contributed by atoms with E-state index >= 15 is 0 Å². The maximum Gasteiger partial charge on any atom is 0.272 e. The van der Waals surface area contributed by atoms with Crippen LogP contribution < -0.4 is 0 Å². The standard InChI is InChI=1S/C15H15N3O3S.C12H24N2O/c19-15(18-5-7-21-8-6-18)14-11-9-22(20)12-4-2-1-3-10(12)13(11)16-17-14;15-12-4-8-14(9-5-12)11-10-13-6-2-1-3-7-13/h1-4H,5-9H2,(H,16,17);12,15H,1-11H2. The molecule has 5 heterocycles. The van der Waals surface area contributed by atoms with E-state index in [4.69, 9.17) is 4.74 Å². The minimum Gasteiger partial charge on any atom is -0.393 e. The number of H-pyrrole nitrogens is 1. The van der Waals surface area contributed by atoms with Crippen LogP contribution in [0.15, 0.2) is 29.2 Å². The fraction of sp³-hybridized carbons (Fsp3) is 0.630. The van der Waals surface area contributed by atoms with Crippen LogP contribution in [0.1, 0.15) is 48.2 Å². The van der Waals surface area contributed by atoms with Crippen molar-refractivity contribution in [1.82, 2.24) is 24.9 Å². The summed E-state index contributed by atoms with van der Waals surface area (Å²) in [5.74, 6) is 0.238. The number of carbonyl (C=O) groups is 1. The number of hydrogen-bond acceptors (Lipinski definition) is 7. The van der Waals surface area contributed by atoms with Gasteiger partial charge < -0.3 is 24.5 Å². The van der Waals surface area contributed by atoms with Gasteiger partial charge in [-0.2, -0.15) is 5.10 Å². The van der Waals surface area contributed by atoms with Gasteiger partial charge in [0.1, 0.15) is 5.69 Å². The molecule has 0 bridgehead atoms. The van der Waals surface area contributed by atoms with E-state index in [0.717, 1.165) is 47.6 Å². The van der Waals surface area contributed by atoms with E-state index in [1.807, 2.05) is 24.3 Å². The van der Waals surface area contributed by atoms with E-state index in [1.165, 1.54) is 45.4 Å². The number of nitrogens with one attached hydrogen (secondary N) is 1. The molecule has 1 amide bonds. The Balaban J connectivity index is 0.000000164. The number of ether oxygens (including phenoxy) is 1.